The minimum absolute atomic E-state index is 0.134. The van der Waals surface area contributed by atoms with Gasteiger partial charge in [-0.3, -0.25) is 10.3 Å². The molecule has 3 aromatic rings. The van der Waals surface area contributed by atoms with Gasteiger partial charge in [0.2, 0.25) is 0 Å². The highest BCUT2D eigenvalue weighted by molar-refractivity contribution is 7.19. The zero-order valence-electron chi connectivity index (χ0n) is 17.8. The van der Waals surface area contributed by atoms with Gasteiger partial charge < -0.3 is 14.7 Å². The number of hydrogen-bond acceptors (Lipinski definition) is 7. The number of nitrogens with zero attached hydrogens (tertiary/aromatic N) is 4. The maximum atomic E-state index is 12.8. The minimum atomic E-state index is -0.381. The zero-order chi connectivity index (χ0) is 22.7. The van der Waals surface area contributed by atoms with E-state index in [4.69, 9.17) is 9.72 Å². The van der Waals surface area contributed by atoms with Crippen LogP contribution in [0, 0.1) is 25.2 Å². The molecule has 0 bridgehead atoms. The summed E-state index contributed by atoms with van der Waals surface area (Å²) < 4.78 is 5.42. The van der Waals surface area contributed by atoms with Crippen LogP contribution < -0.4 is 5.32 Å². The quantitative estimate of drug-likeness (QED) is 0.630. The second kappa shape index (κ2) is 9.44. The number of pyridine rings is 1. The van der Waals surface area contributed by atoms with Crippen molar-refractivity contribution in [2.45, 2.75) is 20.0 Å². The molecule has 0 radical (unpaired) electrons. The smallest absolute Gasteiger partial charge is 0.323 e. The third-order valence-electron chi connectivity index (χ3n) is 5.08. The highest BCUT2D eigenvalue weighted by Crippen LogP contribution is 2.39. The van der Waals surface area contributed by atoms with E-state index in [2.05, 4.69) is 16.4 Å². The second-order valence-electron chi connectivity index (χ2n) is 7.58. The van der Waals surface area contributed by atoms with Crippen LogP contribution >= 0.6 is 11.3 Å². The van der Waals surface area contributed by atoms with Crippen molar-refractivity contribution in [3.05, 3.63) is 53.3 Å². The highest BCUT2D eigenvalue weighted by Gasteiger charge is 2.25. The second-order valence-corrected chi connectivity index (χ2v) is 8.58. The van der Waals surface area contributed by atoms with Crippen molar-refractivity contribution in [2.24, 2.45) is 0 Å². The van der Waals surface area contributed by atoms with Crippen LogP contribution in [0.25, 0.3) is 21.7 Å². The van der Waals surface area contributed by atoms with Crippen LogP contribution in [0.5, 0.6) is 0 Å². The van der Waals surface area contributed by atoms with Crippen LogP contribution in [0.15, 0.2) is 36.4 Å². The fraction of sp³-hybridized carbons (Fsp3) is 0.304. The Balaban J connectivity index is 1.70. The Kier molecular flexibility index (Phi) is 6.46. The first-order valence-electron chi connectivity index (χ1n) is 10.2. The Labute approximate surface area is 190 Å². The number of hydrogen-bond donors (Lipinski definition) is 2. The van der Waals surface area contributed by atoms with E-state index in [9.17, 15) is 15.2 Å². The Morgan fingerprint density at radius 1 is 1.28 bits per heavy atom. The number of urea groups is 1. The number of benzene rings is 1. The third kappa shape index (κ3) is 4.78. The van der Waals surface area contributed by atoms with Crippen LogP contribution in [-0.2, 0) is 4.74 Å². The third-order valence-corrected chi connectivity index (χ3v) is 6.10. The molecule has 0 aliphatic carbocycles. The van der Waals surface area contributed by atoms with Crippen molar-refractivity contribution in [1.29, 1.82) is 5.26 Å². The molecule has 2 aromatic heterocycles. The molecule has 2 N–H and O–H groups in total. The van der Waals surface area contributed by atoms with E-state index < -0.39 is 0 Å². The number of rotatable bonds is 4. The molecule has 1 fully saturated rings. The summed E-state index contributed by atoms with van der Waals surface area (Å²) in [5, 5.41) is 22.0. The molecular weight excluding hydrogens is 426 g/mol. The molecule has 2 amide bonds. The topological polar surface area (TPSA) is 111 Å². The van der Waals surface area contributed by atoms with Gasteiger partial charge in [0, 0.05) is 23.5 Å². The van der Waals surface area contributed by atoms with E-state index in [0.717, 1.165) is 27.4 Å². The lowest BCUT2D eigenvalue weighted by Crippen LogP contribution is -2.48. The van der Waals surface area contributed by atoms with E-state index in [1.54, 1.807) is 17.0 Å². The molecule has 32 heavy (non-hydrogen) atoms. The lowest BCUT2D eigenvalue weighted by atomic mass is 10.0. The molecule has 9 heteroatoms. The Morgan fingerprint density at radius 2 is 2.06 bits per heavy atom. The lowest BCUT2D eigenvalue weighted by Gasteiger charge is -2.31. The number of carbonyl (C=O) groups is 1. The summed E-state index contributed by atoms with van der Waals surface area (Å²) >= 11 is 1.38. The number of aryl methyl sites for hydroxylation is 2. The molecular formula is C23H23N5O3S. The van der Waals surface area contributed by atoms with Gasteiger partial charge in [-0.25, -0.2) is 9.78 Å². The summed E-state index contributed by atoms with van der Waals surface area (Å²) in [7, 11) is 0. The number of aromatic nitrogens is 2. The van der Waals surface area contributed by atoms with Crippen LogP contribution in [0.2, 0.25) is 0 Å². The maximum Gasteiger partial charge on any atom is 0.323 e. The standard InChI is InChI=1S/C23H23N5O3S/c1-14-8-18(9-15(2)25-14)21-20(17-5-3-4-16(10-17)11-24)26-22(32-21)27-23(30)28-6-7-31-19(12-28)13-29/h3-5,8-10,19,29H,6-7,12-13H2,1-2H3,(H,26,27,30)/t19-/m0/s1. The van der Waals surface area contributed by atoms with Crippen LogP contribution in [-0.4, -0.2) is 58.4 Å². The fourth-order valence-electron chi connectivity index (χ4n) is 3.65. The maximum absolute atomic E-state index is 12.8. The van der Waals surface area contributed by atoms with Crippen LogP contribution in [0.3, 0.4) is 0 Å². The summed E-state index contributed by atoms with van der Waals surface area (Å²) in [5.41, 5.74) is 4.77. The van der Waals surface area contributed by atoms with Gasteiger partial charge in [0.1, 0.15) is 0 Å². The molecule has 164 valence electrons. The van der Waals surface area contributed by atoms with E-state index in [0.29, 0.717) is 36.1 Å². The number of ether oxygens (including phenoxy) is 1. The first kappa shape index (κ1) is 21.9. The lowest BCUT2D eigenvalue weighted by molar-refractivity contribution is -0.0388. The van der Waals surface area contributed by atoms with E-state index in [-0.39, 0.29) is 18.7 Å². The predicted molar refractivity (Wildman–Crippen MR) is 122 cm³/mol. The van der Waals surface area contributed by atoms with E-state index >= 15 is 0 Å². The molecule has 1 saturated heterocycles. The SMILES string of the molecule is Cc1cc(-c2sc(NC(=O)N3CCO[C@H](CO)C3)nc2-c2cccc(C#N)c2)cc(C)n1. The average molecular weight is 450 g/mol. The Bertz CT molecular complexity index is 1170. The molecule has 1 aliphatic rings. The largest absolute Gasteiger partial charge is 0.394 e. The van der Waals surface area contributed by atoms with Gasteiger partial charge in [0.05, 0.1) is 48.1 Å². The summed E-state index contributed by atoms with van der Waals surface area (Å²) in [6.07, 6.45) is -0.381. The summed E-state index contributed by atoms with van der Waals surface area (Å²) in [6, 6.07) is 13.1. The molecule has 0 saturated carbocycles. The minimum Gasteiger partial charge on any atom is -0.394 e. The van der Waals surface area contributed by atoms with Gasteiger partial charge in [0.25, 0.3) is 0 Å². The molecule has 4 rings (SSSR count). The molecule has 1 atom stereocenters. The number of anilines is 1. The normalized spacial score (nSPS) is 15.9. The highest BCUT2D eigenvalue weighted by atomic mass is 32.1. The number of nitriles is 1. The fourth-order valence-corrected chi connectivity index (χ4v) is 4.62. The number of nitrogens with one attached hydrogen (secondary N) is 1. The Morgan fingerprint density at radius 3 is 2.78 bits per heavy atom. The number of carbonyl (C=O) groups excluding carboxylic acids is 1. The van der Waals surface area contributed by atoms with Gasteiger partial charge >= 0.3 is 6.03 Å². The van der Waals surface area contributed by atoms with Crippen molar-refractivity contribution in [1.82, 2.24) is 14.9 Å². The summed E-state index contributed by atoms with van der Waals surface area (Å²) in [6.45, 7) is 4.88. The van der Waals surface area contributed by atoms with Gasteiger partial charge in [-0.15, -0.1) is 0 Å². The zero-order valence-corrected chi connectivity index (χ0v) is 18.6. The number of aliphatic hydroxyl groups is 1. The molecule has 1 aliphatic heterocycles. The van der Waals surface area contributed by atoms with Crippen molar-refractivity contribution in [2.75, 3.05) is 31.6 Å². The van der Waals surface area contributed by atoms with Crippen molar-refractivity contribution in [3.8, 4) is 27.8 Å². The van der Waals surface area contributed by atoms with E-state index in [1.807, 2.05) is 38.1 Å². The summed E-state index contributed by atoms with van der Waals surface area (Å²) in [4.78, 5) is 24.5. The monoisotopic (exact) mass is 449 g/mol. The van der Waals surface area contributed by atoms with Gasteiger partial charge in [0.15, 0.2) is 5.13 Å². The van der Waals surface area contributed by atoms with Gasteiger partial charge in [-0.2, -0.15) is 5.26 Å². The molecule has 8 nitrogen and oxygen atoms in total. The number of aliphatic hydroxyl groups excluding tert-OH is 1. The predicted octanol–water partition coefficient (Wildman–Crippen LogP) is 3.59. The average Bonchev–Trinajstić information content (AvgIpc) is 3.22. The van der Waals surface area contributed by atoms with Crippen molar-refractivity contribution in [3.63, 3.8) is 0 Å². The van der Waals surface area contributed by atoms with Gasteiger partial charge in [-0.1, -0.05) is 23.5 Å². The van der Waals surface area contributed by atoms with Crippen molar-refractivity contribution < 1.29 is 14.6 Å². The molecule has 0 spiro atoms. The number of morpholine rings is 1. The van der Waals surface area contributed by atoms with Crippen molar-refractivity contribution >= 4 is 22.5 Å². The Hall–Kier alpha value is -3.32. The molecule has 0 unspecified atom stereocenters. The van der Waals surface area contributed by atoms with E-state index in [1.165, 1.54) is 11.3 Å². The summed E-state index contributed by atoms with van der Waals surface area (Å²) in [5.74, 6) is 0. The first-order valence-corrected chi connectivity index (χ1v) is 11.0. The first-order chi connectivity index (χ1) is 15.5. The molecule has 3 heterocycles. The number of thiazole rings is 1. The molecule has 1 aromatic carbocycles. The van der Waals surface area contributed by atoms with Crippen LogP contribution in [0.4, 0.5) is 9.93 Å². The van der Waals surface area contributed by atoms with Gasteiger partial charge in [-0.05, 0) is 43.7 Å². The number of amides is 2. The van der Waals surface area contributed by atoms with Crippen LogP contribution in [0.1, 0.15) is 17.0 Å².